The van der Waals surface area contributed by atoms with E-state index in [1.54, 1.807) is 0 Å². The second-order valence-electron chi connectivity index (χ2n) is 6.30. The van der Waals surface area contributed by atoms with Crippen LogP contribution in [0, 0.1) is 13.8 Å². The van der Waals surface area contributed by atoms with E-state index in [-0.39, 0.29) is 0 Å². The Labute approximate surface area is 152 Å². The van der Waals surface area contributed by atoms with E-state index in [0.717, 1.165) is 46.2 Å². The summed E-state index contributed by atoms with van der Waals surface area (Å²) in [6.07, 6.45) is 5.64. The molecule has 0 atom stereocenters. The van der Waals surface area contributed by atoms with Crippen molar-refractivity contribution in [3.05, 3.63) is 66.2 Å². The van der Waals surface area contributed by atoms with Gasteiger partial charge in [0.05, 0.1) is 48.2 Å². The monoisotopic (exact) mass is 347 g/mol. The Morgan fingerprint density at radius 1 is 1.04 bits per heavy atom. The molecule has 3 heterocycles. The molecule has 4 rings (SSSR count). The third kappa shape index (κ3) is 2.73. The number of hydrogen-bond acceptors (Lipinski definition) is 4. The van der Waals surface area contributed by atoms with Crippen LogP contribution < -0.4 is 0 Å². The minimum absolute atomic E-state index is 0.658. The smallest absolute Gasteiger partial charge is 0.138 e. The van der Waals surface area contributed by atoms with Crippen LogP contribution >= 0.6 is 0 Å². The lowest BCUT2D eigenvalue weighted by Crippen LogP contribution is -2.05. The Balaban J connectivity index is 1.89. The van der Waals surface area contributed by atoms with Crippen LogP contribution in [0.3, 0.4) is 0 Å². The first-order chi connectivity index (χ1) is 12.7. The molecule has 0 radical (unpaired) electrons. The molecule has 3 aromatic heterocycles. The standard InChI is InChI=1S/C20H21N5O/c1-4-24-12-21-10-18(24)20-19(16-8-6-5-7-9-16)22-13-25(20)11-17-14(2)23-26-15(17)3/h5-10,12-13H,4,11H2,1-3H3. The van der Waals surface area contributed by atoms with Crippen LogP contribution in [0.1, 0.15) is 23.9 Å². The molecule has 0 N–H and O–H groups in total. The van der Waals surface area contributed by atoms with E-state index in [0.29, 0.717) is 6.54 Å². The first-order valence-corrected chi connectivity index (χ1v) is 8.71. The molecule has 0 spiro atoms. The lowest BCUT2D eigenvalue weighted by molar-refractivity contribution is 0.392. The SMILES string of the molecule is CCn1cncc1-c1c(-c2ccccc2)ncn1Cc1c(C)noc1C. The van der Waals surface area contributed by atoms with Gasteiger partial charge in [-0.2, -0.15) is 0 Å². The van der Waals surface area contributed by atoms with Crippen LogP contribution in [0.2, 0.25) is 0 Å². The molecule has 0 saturated heterocycles. The molecule has 0 aliphatic carbocycles. The van der Waals surface area contributed by atoms with Crippen molar-refractivity contribution < 1.29 is 4.52 Å². The van der Waals surface area contributed by atoms with Crippen LogP contribution in [0.5, 0.6) is 0 Å². The van der Waals surface area contributed by atoms with Gasteiger partial charge in [0, 0.05) is 17.7 Å². The van der Waals surface area contributed by atoms with Crippen molar-refractivity contribution in [1.29, 1.82) is 0 Å². The van der Waals surface area contributed by atoms with Crippen LogP contribution in [0.15, 0.2) is 53.7 Å². The summed E-state index contributed by atoms with van der Waals surface area (Å²) < 4.78 is 9.62. The molecule has 26 heavy (non-hydrogen) atoms. The van der Waals surface area contributed by atoms with Crippen molar-refractivity contribution in [2.45, 2.75) is 33.9 Å². The maximum Gasteiger partial charge on any atom is 0.138 e. The molecule has 6 nitrogen and oxygen atoms in total. The number of rotatable bonds is 5. The van der Waals surface area contributed by atoms with Gasteiger partial charge in [-0.15, -0.1) is 0 Å². The molecule has 0 amide bonds. The summed E-state index contributed by atoms with van der Waals surface area (Å²) in [5, 5.41) is 4.08. The zero-order valence-electron chi connectivity index (χ0n) is 15.2. The second-order valence-corrected chi connectivity index (χ2v) is 6.30. The van der Waals surface area contributed by atoms with E-state index in [2.05, 4.69) is 38.3 Å². The van der Waals surface area contributed by atoms with Crippen LogP contribution in [0.25, 0.3) is 22.6 Å². The van der Waals surface area contributed by atoms with E-state index in [9.17, 15) is 0 Å². The van der Waals surface area contributed by atoms with Crippen molar-refractivity contribution >= 4 is 0 Å². The highest BCUT2D eigenvalue weighted by Gasteiger charge is 2.20. The Kier molecular flexibility index (Phi) is 4.16. The summed E-state index contributed by atoms with van der Waals surface area (Å²) >= 11 is 0. The van der Waals surface area contributed by atoms with Crippen molar-refractivity contribution in [2.75, 3.05) is 0 Å². The normalized spacial score (nSPS) is 11.2. The molecular weight excluding hydrogens is 326 g/mol. The van der Waals surface area contributed by atoms with E-state index in [1.165, 1.54) is 0 Å². The number of aryl methyl sites for hydroxylation is 3. The highest BCUT2D eigenvalue weighted by Crippen LogP contribution is 2.32. The van der Waals surface area contributed by atoms with Gasteiger partial charge in [-0.3, -0.25) is 0 Å². The molecule has 6 heteroatoms. The van der Waals surface area contributed by atoms with Gasteiger partial charge >= 0.3 is 0 Å². The van der Waals surface area contributed by atoms with Crippen LogP contribution in [-0.2, 0) is 13.1 Å². The Morgan fingerprint density at radius 2 is 1.85 bits per heavy atom. The summed E-state index contributed by atoms with van der Waals surface area (Å²) in [6, 6.07) is 10.2. The first kappa shape index (κ1) is 16.3. The van der Waals surface area contributed by atoms with Crippen molar-refractivity contribution in [3.63, 3.8) is 0 Å². The second kappa shape index (κ2) is 6.63. The maximum atomic E-state index is 5.33. The molecule has 1 aromatic carbocycles. The van der Waals surface area contributed by atoms with Gasteiger partial charge in [0.1, 0.15) is 5.76 Å². The quantitative estimate of drug-likeness (QED) is 0.545. The first-order valence-electron chi connectivity index (χ1n) is 8.71. The Morgan fingerprint density at radius 3 is 2.54 bits per heavy atom. The summed E-state index contributed by atoms with van der Waals surface area (Å²) in [5.41, 5.74) is 6.14. The molecule has 132 valence electrons. The molecule has 4 aromatic rings. The fourth-order valence-electron chi connectivity index (χ4n) is 3.25. The maximum absolute atomic E-state index is 5.33. The lowest BCUT2D eigenvalue weighted by atomic mass is 10.1. The predicted octanol–water partition coefficient (Wildman–Crippen LogP) is 4.09. The van der Waals surface area contributed by atoms with Crippen molar-refractivity contribution in [2.24, 2.45) is 0 Å². The zero-order chi connectivity index (χ0) is 18.1. The average molecular weight is 347 g/mol. The highest BCUT2D eigenvalue weighted by molar-refractivity contribution is 5.77. The number of hydrogen-bond donors (Lipinski definition) is 0. The third-order valence-electron chi connectivity index (χ3n) is 4.69. The van der Waals surface area contributed by atoms with Gasteiger partial charge in [0.25, 0.3) is 0 Å². The minimum atomic E-state index is 0.658. The number of aromatic nitrogens is 5. The summed E-state index contributed by atoms with van der Waals surface area (Å²) in [4.78, 5) is 9.08. The van der Waals surface area contributed by atoms with E-state index < -0.39 is 0 Å². The van der Waals surface area contributed by atoms with E-state index in [4.69, 9.17) is 9.51 Å². The van der Waals surface area contributed by atoms with E-state index >= 15 is 0 Å². The number of benzene rings is 1. The van der Waals surface area contributed by atoms with Gasteiger partial charge < -0.3 is 13.7 Å². The van der Waals surface area contributed by atoms with E-state index in [1.807, 2.05) is 50.9 Å². The fraction of sp³-hybridized carbons (Fsp3) is 0.250. The van der Waals surface area contributed by atoms with Gasteiger partial charge in [0.2, 0.25) is 0 Å². The molecule has 0 saturated carbocycles. The number of imidazole rings is 2. The molecule has 0 fully saturated rings. The molecule has 0 aliphatic rings. The highest BCUT2D eigenvalue weighted by atomic mass is 16.5. The third-order valence-corrected chi connectivity index (χ3v) is 4.69. The molecular formula is C20H21N5O. The zero-order valence-corrected chi connectivity index (χ0v) is 15.2. The van der Waals surface area contributed by atoms with Crippen molar-refractivity contribution in [1.82, 2.24) is 24.3 Å². The topological polar surface area (TPSA) is 61.7 Å². The summed E-state index contributed by atoms with van der Waals surface area (Å²) in [7, 11) is 0. The lowest BCUT2D eigenvalue weighted by Gasteiger charge is -2.12. The molecule has 0 aliphatic heterocycles. The number of nitrogens with zero attached hydrogens (tertiary/aromatic N) is 5. The van der Waals surface area contributed by atoms with Gasteiger partial charge in [-0.05, 0) is 20.8 Å². The Hall–Kier alpha value is -3.15. The predicted molar refractivity (Wildman–Crippen MR) is 99.6 cm³/mol. The van der Waals surface area contributed by atoms with Gasteiger partial charge in [0.15, 0.2) is 0 Å². The molecule has 0 bridgehead atoms. The Bertz CT molecular complexity index is 1010. The fourth-order valence-corrected chi connectivity index (χ4v) is 3.25. The summed E-state index contributed by atoms with van der Waals surface area (Å²) in [5.74, 6) is 0.840. The van der Waals surface area contributed by atoms with Gasteiger partial charge in [-0.25, -0.2) is 9.97 Å². The van der Waals surface area contributed by atoms with Crippen LogP contribution in [0.4, 0.5) is 0 Å². The van der Waals surface area contributed by atoms with Gasteiger partial charge in [-0.1, -0.05) is 35.5 Å². The minimum Gasteiger partial charge on any atom is -0.361 e. The average Bonchev–Trinajstić information content (AvgIpc) is 3.37. The van der Waals surface area contributed by atoms with Crippen molar-refractivity contribution in [3.8, 4) is 22.6 Å². The largest absolute Gasteiger partial charge is 0.361 e. The summed E-state index contributed by atoms with van der Waals surface area (Å²) in [6.45, 7) is 7.53. The van der Waals surface area contributed by atoms with Crippen LogP contribution in [-0.4, -0.2) is 24.3 Å². The molecule has 0 unspecified atom stereocenters.